The Balaban J connectivity index is 1.71. The van der Waals surface area contributed by atoms with E-state index in [1.54, 1.807) is 12.1 Å². The van der Waals surface area contributed by atoms with Crippen LogP contribution >= 0.6 is 0 Å². The molecule has 1 saturated carbocycles. The summed E-state index contributed by atoms with van der Waals surface area (Å²) >= 11 is 0. The lowest BCUT2D eigenvalue weighted by atomic mass is 10.2. The number of hydrogen-bond acceptors (Lipinski definition) is 3. The van der Waals surface area contributed by atoms with E-state index < -0.39 is 5.97 Å². The fraction of sp³-hybridized carbons (Fsp3) is 0.312. The van der Waals surface area contributed by atoms with Gasteiger partial charge in [-0.2, -0.15) is 0 Å². The second-order valence-electron chi connectivity index (χ2n) is 5.34. The minimum atomic E-state index is -1.07. The summed E-state index contributed by atoms with van der Waals surface area (Å²) in [5.74, 6) is -0.735. The first kappa shape index (κ1) is 13.8. The number of carboxylic acids is 1. The molecule has 1 fully saturated rings. The Morgan fingerprint density at radius 1 is 1.29 bits per heavy atom. The average molecular weight is 289 g/mol. The van der Waals surface area contributed by atoms with Crippen molar-refractivity contribution in [3.05, 3.63) is 59.3 Å². The van der Waals surface area contributed by atoms with Crippen molar-refractivity contribution in [3.63, 3.8) is 0 Å². The van der Waals surface area contributed by atoms with Crippen LogP contribution in [0.25, 0.3) is 0 Å². The van der Waals surface area contributed by atoms with Crippen molar-refractivity contribution in [3.8, 4) is 0 Å². The van der Waals surface area contributed by atoms with Gasteiger partial charge in [-0.1, -0.05) is 12.1 Å². The minimum Gasteiger partial charge on any atom is -0.475 e. The molecular weight excluding hydrogens is 273 g/mol. The number of halogens is 1. The van der Waals surface area contributed by atoms with Crippen molar-refractivity contribution < 1.29 is 18.7 Å². The third kappa shape index (κ3) is 3.49. The molecule has 4 nitrogen and oxygen atoms in total. The van der Waals surface area contributed by atoms with Gasteiger partial charge in [-0.3, -0.25) is 4.90 Å². The molecule has 1 aliphatic carbocycles. The van der Waals surface area contributed by atoms with E-state index in [0.717, 1.165) is 18.4 Å². The molecule has 0 unspecified atom stereocenters. The fourth-order valence-corrected chi connectivity index (χ4v) is 2.40. The summed E-state index contributed by atoms with van der Waals surface area (Å²) in [6.07, 6.45) is 2.23. The minimum absolute atomic E-state index is 0.0495. The van der Waals surface area contributed by atoms with Gasteiger partial charge in [0, 0.05) is 12.6 Å². The smallest absolute Gasteiger partial charge is 0.371 e. The normalized spacial score (nSPS) is 14.6. The van der Waals surface area contributed by atoms with Crippen LogP contribution in [0.15, 0.2) is 40.8 Å². The molecule has 0 atom stereocenters. The van der Waals surface area contributed by atoms with Crippen LogP contribution in [0.4, 0.5) is 4.39 Å². The average Bonchev–Trinajstić information content (AvgIpc) is 3.18. The molecule has 0 saturated heterocycles. The summed E-state index contributed by atoms with van der Waals surface area (Å²) in [6, 6.07) is 10.2. The van der Waals surface area contributed by atoms with Crippen LogP contribution in [0.5, 0.6) is 0 Å². The standard InChI is InChI=1S/C16H16FNO3/c17-12-3-1-2-11(8-12)9-18(13-4-5-13)10-14-6-7-15(21-14)16(19)20/h1-3,6-8,13H,4-5,9-10H2,(H,19,20). The van der Waals surface area contributed by atoms with Crippen LogP contribution in [-0.4, -0.2) is 22.0 Å². The molecule has 0 radical (unpaired) electrons. The highest BCUT2D eigenvalue weighted by Crippen LogP contribution is 2.30. The third-order valence-electron chi connectivity index (χ3n) is 3.57. The van der Waals surface area contributed by atoms with Crippen LogP contribution in [0.3, 0.4) is 0 Å². The van der Waals surface area contributed by atoms with Crippen LogP contribution in [0.1, 0.15) is 34.7 Å². The molecule has 1 aliphatic rings. The van der Waals surface area contributed by atoms with E-state index in [9.17, 15) is 9.18 Å². The Kier molecular flexibility index (Phi) is 3.75. The van der Waals surface area contributed by atoms with E-state index >= 15 is 0 Å². The quantitative estimate of drug-likeness (QED) is 0.886. The van der Waals surface area contributed by atoms with Gasteiger partial charge in [0.05, 0.1) is 6.54 Å². The zero-order valence-electron chi connectivity index (χ0n) is 11.5. The van der Waals surface area contributed by atoms with Gasteiger partial charge in [-0.05, 0) is 42.7 Å². The topological polar surface area (TPSA) is 53.7 Å². The zero-order valence-corrected chi connectivity index (χ0v) is 11.5. The summed E-state index contributed by atoms with van der Waals surface area (Å²) in [4.78, 5) is 13.0. The van der Waals surface area contributed by atoms with Crippen molar-refractivity contribution in [2.45, 2.75) is 32.0 Å². The maximum Gasteiger partial charge on any atom is 0.371 e. The maximum atomic E-state index is 13.3. The van der Waals surface area contributed by atoms with Crippen molar-refractivity contribution in [1.29, 1.82) is 0 Å². The first-order valence-corrected chi connectivity index (χ1v) is 6.92. The van der Waals surface area contributed by atoms with E-state index in [1.165, 1.54) is 18.2 Å². The highest BCUT2D eigenvalue weighted by Gasteiger charge is 2.29. The molecule has 1 heterocycles. The van der Waals surface area contributed by atoms with Crippen molar-refractivity contribution in [2.75, 3.05) is 0 Å². The first-order chi connectivity index (χ1) is 10.1. The van der Waals surface area contributed by atoms with Gasteiger partial charge >= 0.3 is 5.97 Å². The predicted octanol–water partition coefficient (Wildman–Crippen LogP) is 3.28. The Morgan fingerprint density at radius 2 is 2.10 bits per heavy atom. The third-order valence-corrected chi connectivity index (χ3v) is 3.57. The first-order valence-electron chi connectivity index (χ1n) is 6.92. The summed E-state index contributed by atoms with van der Waals surface area (Å²) in [5.41, 5.74) is 0.909. The van der Waals surface area contributed by atoms with Crippen molar-refractivity contribution >= 4 is 5.97 Å². The molecule has 21 heavy (non-hydrogen) atoms. The molecule has 2 aromatic rings. The number of furan rings is 1. The molecule has 0 aliphatic heterocycles. The van der Waals surface area contributed by atoms with E-state index in [-0.39, 0.29) is 11.6 Å². The second kappa shape index (κ2) is 5.69. The van der Waals surface area contributed by atoms with Gasteiger partial charge < -0.3 is 9.52 Å². The van der Waals surface area contributed by atoms with Gasteiger partial charge in [0.15, 0.2) is 0 Å². The second-order valence-corrected chi connectivity index (χ2v) is 5.34. The zero-order chi connectivity index (χ0) is 14.8. The molecule has 1 aromatic carbocycles. The molecule has 3 rings (SSSR count). The number of rotatable bonds is 6. The van der Waals surface area contributed by atoms with Gasteiger partial charge in [0.1, 0.15) is 11.6 Å². The molecular formula is C16H16FNO3. The number of hydrogen-bond donors (Lipinski definition) is 1. The number of carboxylic acid groups (broad SMARTS) is 1. The molecule has 5 heteroatoms. The molecule has 0 amide bonds. The lowest BCUT2D eigenvalue weighted by Gasteiger charge is -2.20. The summed E-state index contributed by atoms with van der Waals surface area (Å²) in [7, 11) is 0. The predicted molar refractivity (Wildman–Crippen MR) is 74.3 cm³/mol. The summed E-state index contributed by atoms with van der Waals surface area (Å²) < 4.78 is 18.6. The van der Waals surface area contributed by atoms with Crippen molar-refractivity contribution in [1.82, 2.24) is 4.90 Å². The van der Waals surface area contributed by atoms with E-state index in [1.807, 2.05) is 6.07 Å². The van der Waals surface area contributed by atoms with E-state index in [4.69, 9.17) is 9.52 Å². The highest BCUT2D eigenvalue weighted by molar-refractivity contribution is 5.84. The molecule has 1 aromatic heterocycles. The molecule has 0 spiro atoms. The summed E-state index contributed by atoms with van der Waals surface area (Å²) in [6.45, 7) is 1.17. The van der Waals surface area contributed by atoms with Crippen LogP contribution in [0, 0.1) is 5.82 Å². The molecule has 1 N–H and O–H groups in total. The van der Waals surface area contributed by atoms with Crippen LogP contribution in [-0.2, 0) is 13.1 Å². The number of nitrogens with zero attached hydrogens (tertiary/aromatic N) is 1. The Bertz CT molecular complexity index is 648. The lowest BCUT2D eigenvalue weighted by Crippen LogP contribution is -2.24. The Hall–Kier alpha value is -2.14. The largest absolute Gasteiger partial charge is 0.475 e. The van der Waals surface area contributed by atoms with Gasteiger partial charge in [0.2, 0.25) is 5.76 Å². The fourth-order valence-electron chi connectivity index (χ4n) is 2.40. The van der Waals surface area contributed by atoms with Gasteiger partial charge in [-0.15, -0.1) is 0 Å². The van der Waals surface area contributed by atoms with Gasteiger partial charge in [0.25, 0.3) is 0 Å². The van der Waals surface area contributed by atoms with E-state index in [0.29, 0.717) is 24.9 Å². The highest BCUT2D eigenvalue weighted by atomic mass is 19.1. The van der Waals surface area contributed by atoms with Crippen molar-refractivity contribution in [2.24, 2.45) is 0 Å². The Labute approximate surface area is 121 Å². The molecule has 110 valence electrons. The monoisotopic (exact) mass is 289 g/mol. The number of carbonyl (C=O) groups is 1. The maximum absolute atomic E-state index is 13.3. The van der Waals surface area contributed by atoms with Gasteiger partial charge in [-0.25, -0.2) is 9.18 Å². The number of benzene rings is 1. The Morgan fingerprint density at radius 3 is 2.71 bits per heavy atom. The SMILES string of the molecule is O=C(O)c1ccc(CN(Cc2cccc(F)c2)C2CC2)o1. The lowest BCUT2D eigenvalue weighted by molar-refractivity contribution is 0.0658. The number of aromatic carboxylic acids is 1. The van der Waals surface area contributed by atoms with Crippen LogP contribution < -0.4 is 0 Å². The summed E-state index contributed by atoms with van der Waals surface area (Å²) in [5, 5.41) is 8.87. The van der Waals surface area contributed by atoms with Crippen LogP contribution in [0.2, 0.25) is 0 Å². The molecule has 0 bridgehead atoms. The van der Waals surface area contributed by atoms with E-state index in [2.05, 4.69) is 4.90 Å².